The second-order valence-electron chi connectivity index (χ2n) is 4.24. The molecule has 0 amide bonds. The van der Waals surface area contributed by atoms with Crippen molar-refractivity contribution in [1.82, 2.24) is 0 Å². The van der Waals surface area contributed by atoms with E-state index in [-0.39, 0.29) is 0 Å². The molecule has 2 N–H and O–H groups in total. The van der Waals surface area contributed by atoms with Gasteiger partial charge in [-0.25, -0.2) is 0 Å². The Hall–Kier alpha value is -1.34. The predicted molar refractivity (Wildman–Crippen MR) is 79.9 cm³/mol. The first kappa shape index (κ1) is 17.7. The smallest absolute Gasteiger partial charge is 0.124 e. The lowest BCUT2D eigenvalue weighted by Gasteiger charge is -2.12. The van der Waals surface area contributed by atoms with E-state index in [0.29, 0.717) is 46.2 Å². The summed E-state index contributed by atoms with van der Waals surface area (Å²) in [6.07, 6.45) is 0. The van der Waals surface area contributed by atoms with Crippen molar-refractivity contribution in [2.75, 3.05) is 53.9 Å². The maximum Gasteiger partial charge on any atom is 0.124 e. The lowest BCUT2D eigenvalue weighted by atomic mass is 10.2. The van der Waals surface area contributed by atoms with Gasteiger partial charge in [0.05, 0.1) is 40.1 Å². The average Bonchev–Trinajstić information content (AvgIpc) is 2.53. The second kappa shape index (κ2) is 11.3. The fraction of sp³-hybridized carbons (Fsp3) is 0.600. The van der Waals surface area contributed by atoms with Gasteiger partial charge in [-0.05, 0) is 18.2 Å². The fourth-order valence-electron chi connectivity index (χ4n) is 1.66. The molecule has 1 aromatic carbocycles. The topological polar surface area (TPSA) is 72.2 Å². The molecule has 6 heteroatoms. The van der Waals surface area contributed by atoms with Crippen LogP contribution < -0.4 is 15.2 Å². The molecule has 6 nitrogen and oxygen atoms in total. The SMILES string of the molecule is COCCOCCOCCOc1ccc(OC)cc1CN. The summed E-state index contributed by atoms with van der Waals surface area (Å²) in [7, 11) is 3.27. The summed E-state index contributed by atoms with van der Waals surface area (Å²) in [5.41, 5.74) is 6.60. The molecule has 0 aromatic heterocycles. The van der Waals surface area contributed by atoms with Gasteiger partial charge in [0, 0.05) is 19.2 Å². The normalized spacial score (nSPS) is 10.6. The molecule has 1 aromatic rings. The molecule has 0 unspecified atom stereocenters. The Kier molecular flexibility index (Phi) is 9.56. The number of hydrogen-bond acceptors (Lipinski definition) is 6. The summed E-state index contributed by atoms with van der Waals surface area (Å²) in [6, 6.07) is 5.58. The highest BCUT2D eigenvalue weighted by molar-refractivity contribution is 5.40. The van der Waals surface area contributed by atoms with Crippen LogP contribution >= 0.6 is 0 Å². The number of rotatable bonds is 12. The van der Waals surface area contributed by atoms with Crippen LogP contribution in [0.25, 0.3) is 0 Å². The van der Waals surface area contributed by atoms with Crippen LogP contribution in [-0.4, -0.2) is 53.9 Å². The highest BCUT2D eigenvalue weighted by Gasteiger charge is 2.04. The summed E-state index contributed by atoms with van der Waals surface area (Å²) in [6.45, 7) is 3.66. The summed E-state index contributed by atoms with van der Waals surface area (Å²) >= 11 is 0. The molecular formula is C15H25NO5. The maximum atomic E-state index is 5.69. The Labute approximate surface area is 126 Å². The number of nitrogens with two attached hydrogens (primary N) is 1. The molecule has 120 valence electrons. The molecule has 0 aliphatic carbocycles. The van der Waals surface area contributed by atoms with Gasteiger partial charge in [0.25, 0.3) is 0 Å². The van der Waals surface area contributed by atoms with E-state index in [9.17, 15) is 0 Å². The van der Waals surface area contributed by atoms with Crippen molar-refractivity contribution in [1.29, 1.82) is 0 Å². The third kappa shape index (κ3) is 7.29. The average molecular weight is 299 g/mol. The monoisotopic (exact) mass is 299 g/mol. The minimum absolute atomic E-state index is 0.404. The number of benzene rings is 1. The molecule has 1 rings (SSSR count). The van der Waals surface area contributed by atoms with E-state index in [0.717, 1.165) is 17.1 Å². The Morgan fingerprint density at radius 1 is 0.905 bits per heavy atom. The summed E-state index contributed by atoms with van der Waals surface area (Å²) in [5, 5.41) is 0. The van der Waals surface area contributed by atoms with Gasteiger partial charge in [-0.3, -0.25) is 0 Å². The third-order valence-electron chi connectivity index (χ3n) is 2.78. The molecule has 0 spiro atoms. The highest BCUT2D eigenvalue weighted by Crippen LogP contribution is 2.23. The van der Waals surface area contributed by atoms with Crippen molar-refractivity contribution in [3.8, 4) is 11.5 Å². The zero-order chi connectivity index (χ0) is 15.3. The lowest BCUT2D eigenvalue weighted by Crippen LogP contribution is -2.13. The van der Waals surface area contributed by atoms with Crippen LogP contribution in [-0.2, 0) is 20.8 Å². The first-order valence-corrected chi connectivity index (χ1v) is 6.96. The standard InChI is InChI=1S/C15H25NO5/c1-17-5-6-19-7-8-20-9-10-21-15-4-3-14(18-2)11-13(15)12-16/h3-4,11H,5-10,12,16H2,1-2H3. The van der Waals surface area contributed by atoms with E-state index in [1.54, 1.807) is 14.2 Å². The zero-order valence-corrected chi connectivity index (χ0v) is 12.8. The Morgan fingerprint density at radius 3 is 2.19 bits per heavy atom. The maximum absolute atomic E-state index is 5.69. The van der Waals surface area contributed by atoms with Crippen molar-refractivity contribution < 1.29 is 23.7 Å². The van der Waals surface area contributed by atoms with Crippen molar-refractivity contribution >= 4 is 0 Å². The summed E-state index contributed by atoms with van der Waals surface area (Å²) in [4.78, 5) is 0. The van der Waals surface area contributed by atoms with Crippen LogP contribution in [0.3, 0.4) is 0 Å². The lowest BCUT2D eigenvalue weighted by molar-refractivity contribution is 0.0179. The number of methoxy groups -OCH3 is 2. The predicted octanol–water partition coefficient (Wildman–Crippen LogP) is 1.21. The molecular weight excluding hydrogens is 274 g/mol. The van der Waals surface area contributed by atoms with Crippen LogP contribution in [0, 0.1) is 0 Å². The number of ether oxygens (including phenoxy) is 5. The van der Waals surface area contributed by atoms with E-state index >= 15 is 0 Å². The first-order valence-electron chi connectivity index (χ1n) is 6.96. The van der Waals surface area contributed by atoms with E-state index in [1.807, 2.05) is 18.2 Å². The Balaban J connectivity index is 2.15. The first-order chi connectivity index (χ1) is 10.3. The molecule has 0 bridgehead atoms. The van der Waals surface area contributed by atoms with E-state index in [2.05, 4.69) is 0 Å². The number of hydrogen-bond donors (Lipinski definition) is 1. The summed E-state index contributed by atoms with van der Waals surface area (Å²) in [5.74, 6) is 1.53. The van der Waals surface area contributed by atoms with Crippen molar-refractivity contribution in [3.05, 3.63) is 23.8 Å². The van der Waals surface area contributed by atoms with Crippen LogP contribution in [0.5, 0.6) is 11.5 Å². The molecule has 0 saturated heterocycles. The van der Waals surface area contributed by atoms with Crippen LogP contribution in [0.2, 0.25) is 0 Å². The van der Waals surface area contributed by atoms with Gasteiger partial charge in [-0.1, -0.05) is 0 Å². The van der Waals surface area contributed by atoms with Gasteiger partial charge >= 0.3 is 0 Å². The minimum Gasteiger partial charge on any atom is -0.497 e. The van der Waals surface area contributed by atoms with E-state index < -0.39 is 0 Å². The molecule has 0 atom stereocenters. The van der Waals surface area contributed by atoms with Crippen LogP contribution in [0.15, 0.2) is 18.2 Å². The Morgan fingerprint density at radius 2 is 1.57 bits per heavy atom. The third-order valence-corrected chi connectivity index (χ3v) is 2.78. The largest absolute Gasteiger partial charge is 0.497 e. The molecule has 0 aliphatic rings. The van der Waals surface area contributed by atoms with Gasteiger partial charge in [0.1, 0.15) is 18.1 Å². The zero-order valence-electron chi connectivity index (χ0n) is 12.8. The van der Waals surface area contributed by atoms with Crippen molar-refractivity contribution in [2.45, 2.75) is 6.54 Å². The summed E-state index contributed by atoms with van der Waals surface area (Å²) < 4.78 is 26.4. The van der Waals surface area contributed by atoms with Gasteiger partial charge in [0.15, 0.2) is 0 Å². The van der Waals surface area contributed by atoms with Gasteiger partial charge in [0.2, 0.25) is 0 Å². The van der Waals surface area contributed by atoms with Gasteiger partial charge in [-0.2, -0.15) is 0 Å². The van der Waals surface area contributed by atoms with Crippen molar-refractivity contribution in [2.24, 2.45) is 5.73 Å². The highest BCUT2D eigenvalue weighted by atomic mass is 16.6. The second-order valence-corrected chi connectivity index (χ2v) is 4.24. The Bertz CT molecular complexity index is 386. The molecule has 21 heavy (non-hydrogen) atoms. The molecule has 0 aliphatic heterocycles. The molecule has 0 heterocycles. The van der Waals surface area contributed by atoms with E-state index in [4.69, 9.17) is 29.4 Å². The molecule has 0 saturated carbocycles. The van der Waals surface area contributed by atoms with E-state index in [1.165, 1.54) is 0 Å². The van der Waals surface area contributed by atoms with Crippen LogP contribution in [0.4, 0.5) is 0 Å². The minimum atomic E-state index is 0.404. The van der Waals surface area contributed by atoms with Gasteiger partial charge in [-0.15, -0.1) is 0 Å². The van der Waals surface area contributed by atoms with Gasteiger partial charge < -0.3 is 29.4 Å². The quantitative estimate of drug-likeness (QED) is 0.585. The molecule has 0 fully saturated rings. The molecule has 0 radical (unpaired) electrons. The van der Waals surface area contributed by atoms with Crippen LogP contribution in [0.1, 0.15) is 5.56 Å². The fourth-order valence-corrected chi connectivity index (χ4v) is 1.66. The van der Waals surface area contributed by atoms with Crippen molar-refractivity contribution in [3.63, 3.8) is 0 Å².